The molecular formula is C32H25NO4S. The van der Waals surface area contributed by atoms with E-state index in [0.717, 1.165) is 9.87 Å². The van der Waals surface area contributed by atoms with Gasteiger partial charge in [0, 0.05) is 17.2 Å². The van der Waals surface area contributed by atoms with Crippen LogP contribution in [0.25, 0.3) is 0 Å². The standard InChI is InChI=1S/C32H25NO4S/c1-3-37-32(34)29-19-16-27(17-20-29)15-18-28-11-7-8-12-31(28)33(24-23-26-9-5-4-6-10-26)38(35,36)30-21-13-25(2)14-22-30/h4-14,16-17,19-22H,3H2,1-2H3. The Labute approximate surface area is 223 Å². The van der Waals surface area contributed by atoms with E-state index in [1.165, 1.54) is 0 Å². The Morgan fingerprint density at radius 2 is 1.39 bits per heavy atom. The predicted octanol–water partition coefficient (Wildman–Crippen LogP) is 5.78. The molecule has 0 radical (unpaired) electrons. The lowest BCUT2D eigenvalue weighted by Crippen LogP contribution is -2.27. The third-order valence-electron chi connectivity index (χ3n) is 5.50. The first-order valence-corrected chi connectivity index (χ1v) is 13.4. The van der Waals surface area contributed by atoms with Crippen molar-refractivity contribution in [3.8, 4) is 23.8 Å². The molecule has 0 N–H and O–H groups in total. The minimum atomic E-state index is -4.03. The molecular weight excluding hydrogens is 494 g/mol. The maximum atomic E-state index is 13.8. The molecule has 0 aromatic heterocycles. The smallest absolute Gasteiger partial charge is 0.338 e. The normalized spacial score (nSPS) is 10.4. The van der Waals surface area contributed by atoms with E-state index in [9.17, 15) is 13.2 Å². The SMILES string of the molecule is CCOC(=O)c1ccc(C#Cc2ccccc2N(C#Cc2ccccc2)S(=O)(=O)c2ccc(C)cc2)cc1. The number of anilines is 1. The highest BCUT2D eigenvalue weighted by molar-refractivity contribution is 7.93. The molecule has 5 nitrogen and oxygen atoms in total. The molecule has 0 aliphatic carbocycles. The van der Waals surface area contributed by atoms with Gasteiger partial charge < -0.3 is 4.74 Å². The van der Waals surface area contributed by atoms with Crippen LogP contribution in [0.5, 0.6) is 0 Å². The fourth-order valence-corrected chi connectivity index (χ4v) is 4.78. The molecule has 0 saturated carbocycles. The van der Waals surface area contributed by atoms with Crippen LogP contribution < -0.4 is 4.31 Å². The van der Waals surface area contributed by atoms with Crippen molar-refractivity contribution in [2.45, 2.75) is 18.7 Å². The number of sulfonamides is 1. The number of rotatable bonds is 5. The number of nitrogens with zero attached hydrogens (tertiary/aromatic N) is 1. The van der Waals surface area contributed by atoms with E-state index in [1.807, 2.05) is 37.3 Å². The van der Waals surface area contributed by atoms with Crippen molar-refractivity contribution in [1.29, 1.82) is 0 Å². The third-order valence-corrected chi connectivity index (χ3v) is 7.13. The van der Waals surface area contributed by atoms with Crippen molar-refractivity contribution in [2.75, 3.05) is 10.9 Å². The fraction of sp³-hybridized carbons (Fsp3) is 0.0938. The summed E-state index contributed by atoms with van der Waals surface area (Å²) in [6, 6.07) is 32.4. The minimum Gasteiger partial charge on any atom is -0.462 e. The minimum absolute atomic E-state index is 0.128. The molecule has 0 atom stereocenters. The van der Waals surface area contributed by atoms with Crippen molar-refractivity contribution in [3.05, 3.63) is 131 Å². The molecule has 0 unspecified atom stereocenters. The van der Waals surface area contributed by atoms with Crippen LogP contribution in [0.2, 0.25) is 0 Å². The second kappa shape index (κ2) is 12.0. The van der Waals surface area contributed by atoms with Gasteiger partial charge in [-0.15, -0.1) is 0 Å². The van der Waals surface area contributed by atoms with Gasteiger partial charge in [-0.2, -0.15) is 4.31 Å². The van der Waals surface area contributed by atoms with Gasteiger partial charge in [0.15, 0.2) is 0 Å². The van der Waals surface area contributed by atoms with E-state index >= 15 is 0 Å². The second-order valence-electron chi connectivity index (χ2n) is 8.25. The average Bonchev–Trinajstić information content (AvgIpc) is 2.94. The van der Waals surface area contributed by atoms with E-state index in [-0.39, 0.29) is 4.90 Å². The molecule has 0 aliphatic heterocycles. The Hall–Kier alpha value is -4.78. The van der Waals surface area contributed by atoms with Crippen LogP contribution in [0.1, 0.15) is 39.5 Å². The summed E-state index contributed by atoms with van der Waals surface area (Å²) in [5, 5.41) is 0. The molecule has 6 heteroatoms. The molecule has 0 heterocycles. The highest BCUT2D eigenvalue weighted by atomic mass is 32.2. The first kappa shape index (κ1) is 26.3. The van der Waals surface area contributed by atoms with Crippen LogP contribution in [0.4, 0.5) is 5.69 Å². The lowest BCUT2D eigenvalue weighted by atomic mass is 10.1. The van der Waals surface area contributed by atoms with Crippen LogP contribution in [0.3, 0.4) is 0 Å². The Bertz CT molecular complexity index is 1650. The zero-order valence-corrected chi connectivity index (χ0v) is 21.8. The van der Waals surface area contributed by atoms with Crippen molar-refractivity contribution in [2.24, 2.45) is 0 Å². The summed E-state index contributed by atoms with van der Waals surface area (Å²) >= 11 is 0. The Morgan fingerprint density at radius 3 is 2.08 bits per heavy atom. The summed E-state index contributed by atoms with van der Waals surface area (Å²) in [7, 11) is -4.03. The second-order valence-corrected chi connectivity index (χ2v) is 10.0. The van der Waals surface area contributed by atoms with E-state index in [0.29, 0.717) is 34.5 Å². The van der Waals surface area contributed by atoms with Crippen molar-refractivity contribution < 1.29 is 17.9 Å². The molecule has 0 spiro atoms. The number of benzene rings is 4. The van der Waals surface area contributed by atoms with Gasteiger partial charge in [-0.05, 0) is 80.4 Å². The van der Waals surface area contributed by atoms with E-state index < -0.39 is 16.0 Å². The topological polar surface area (TPSA) is 63.7 Å². The van der Waals surface area contributed by atoms with Gasteiger partial charge in [0.1, 0.15) is 0 Å². The van der Waals surface area contributed by atoms with Crippen molar-refractivity contribution in [1.82, 2.24) is 0 Å². The number of hydrogen-bond donors (Lipinski definition) is 0. The Morgan fingerprint density at radius 1 is 0.763 bits per heavy atom. The molecule has 4 rings (SSSR count). The van der Waals surface area contributed by atoms with Crippen LogP contribution in [-0.4, -0.2) is 21.0 Å². The monoisotopic (exact) mass is 519 g/mol. The number of carbonyl (C=O) groups excluding carboxylic acids is 1. The van der Waals surface area contributed by atoms with E-state index in [1.54, 1.807) is 79.7 Å². The molecule has 38 heavy (non-hydrogen) atoms. The van der Waals surface area contributed by atoms with Gasteiger partial charge >= 0.3 is 5.97 Å². The zero-order chi connectivity index (χ0) is 27.0. The molecule has 4 aromatic rings. The number of carbonyl (C=O) groups is 1. The summed E-state index contributed by atoms with van der Waals surface area (Å²) in [5.41, 5.74) is 3.56. The summed E-state index contributed by atoms with van der Waals surface area (Å²) in [6.07, 6.45) is 0. The first-order valence-electron chi connectivity index (χ1n) is 12.0. The number of esters is 1. The zero-order valence-electron chi connectivity index (χ0n) is 21.0. The number of ether oxygens (including phenoxy) is 1. The van der Waals surface area contributed by atoms with Gasteiger partial charge in [-0.1, -0.05) is 59.9 Å². The summed E-state index contributed by atoms with van der Waals surface area (Å²) < 4.78 is 33.7. The van der Waals surface area contributed by atoms with E-state index in [2.05, 4.69) is 23.8 Å². The van der Waals surface area contributed by atoms with Crippen molar-refractivity contribution >= 4 is 21.7 Å². The molecule has 188 valence electrons. The molecule has 4 aromatic carbocycles. The van der Waals surface area contributed by atoms with Gasteiger partial charge in [0.2, 0.25) is 0 Å². The highest BCUT2D eigenvalue weighted by Crippen LogP contribution is 2.26. The first-order chi connectivity index (χ1) is 18.4. The molecule has 0 bridgehead atoms. The lowest BCUT2D eigenvalue weighted by molar-refractivity contribution is 0.0526. The quantitative estimate of drug-likeness (QED) is 0.191. The molecule has 0 fully saturated rings. The van der Waals surface area contributed by atoms with Gasteiger partial charge in [-0.3, -0.25) is 0 Å². The summed E-state index contributed by atoms with van der Waals surface area (Å²) in [4.78, 5) is 12.0. The molecule has 0 saturated heterocycles. The van der Waals surface area contributed by atoms with Crippen molar-refractivity contribution in [3.63, 3.8) is 0 Å². The molecule has 0 amide bonds. The highest BCUT2D eigenvalue weighted by Gasteiger charge is 2.25. The predicted molar refractivity (Wildman–Crippen MR) is 149 cm³/mol. The maximum absolute atomic E-state index is 13.8. The van der Waals surface area contributed by atoms with Crippen LogP contribution in [-0.2, 0) is 14.8 Å². The van der Waals surface area contributed by atoms with Gasteiger partial charge in [0.05, 0.1) is 28.3 Å². The Balaban J connectivity index is 1.76. The largest absolute Gasteiger partial charge is 0.462 e. The van der Waals surface area contributed by atoms with Crippen LogP contribution in [0.15, 0.2) is 108 Å². The number of hydrogen-bond acceptors (Lipinski definition) is 4. The number of para-hydroxylation sites is 1. The Kier molecular flexibility index (Phi) is 8.28. The lowest BCUT2D eigenvalue weighted by Gasteiger charge is -2.19. The van der Waals surface area contributed by atoms with Crippen LogP contribution in [0, 0.1) is 30.7 Å². The summed E-state index contributed by atoms with van der Waals surface area (Å²) in [6.45, 7) is 3.95. The fourth-order valence-electron chi connectivity index (χ4n) is 3.50. The van der Waals surface area contributed by atoms with E-state index in [4.69, 9.17) is 4.74 Å². The third kappa shape index (κ3) is 6.31. The average molecular weight is 520 g/mol. The van der Waals surface area contributed by atoms with Gasteiger partial charge in [0.25, 0.3) is 10.0 Å². The molecule has 0 aliphatic rings. The van der Waals surface area contributed by atoms with Gasteiger partial charge in [-0.25, -0.2) is 13.2 Å². The summed E-state index contributed by atoms with van der Waals surface area (Å²) in [5.74, 6) is 8.70. The maximum Gasteiger partial charge on any atom is 0.338 e. The number of aryl methyl sites for hydroxylation is 1. The van der Waals surface area contributed by atoms with Crippen LogP contribution >= 0.6 is 0 Å².